The van der Waals surface area contributed by atoms with Gasteiger partial charge in [-0.05, 0) is 61.4 Å². The molecule has 0 bridgehead atoms. The number of piperidine rings is 1. The Morgan fingerprint density at radius 2 is 1.74 bits per heavy atom. The van der Waals surface area contributed by atoms with Gasteiger partial charge < -0.3 is 9.32 Å². The van der Waals surface area contributed by atoms with Crippen molar-refractivity contribution in [3.63, 3.8) is 0 Å². The van der Waals surface area contributed by atoms with Crippen molar-refractivity contribution in [2.24, 2.45) is 0 Å². The summed E-state index contributed by atoms with van der Waals surface area (Å²) < 4.78 is 44.0. The number of aromatic nitrogens is 2. The number of hydrogen-bond acceptors (Lipinski definition) is 5. The Morgan fingerprint density at radius 3 is 2.41 bits per heavy atom. The first-order chi connectivity index (χ1) is 16.2. The van der Waals surface area contributed by atoms with Gasteiger partial charge in [-0.2, -0.15) is 13.2 Å². The van der Waals surface area contributed by atoms with Crippen LogP contribution in [0.4, 0.5) is 13.2 Å². The van der Waals surface area contributed by atoms with Crippen LogP contribution in [-0.4, -0.2) is 39.9 Å². The first-order valence-electron chi connectivity index (χ1n) is 10.8. The molecule has 1 amide bonds. The molecule has 1 saturated heterocycles. The molecule has 10 heteroatoms. The molecule has 4 rings (SSSR count). The fourth-order valence-electron chi connectivity index (χ4n) is 3.88. The molecule has 1 aliphatic heterocycles. The second-order valence-corrected chi connectivity index (χ2v) is 8.57. The summed E-state index contributed by atoms with van der Waals surface area (Å²) in [6, 6.07) is 11.0. The molecule has 0 aliphatic carbocycles. The molecule has 0 radical (unpaired) electrons. The van der Waals surface area contributed by atoms with Crippen LogP contribution in [0.3, 0.4) is 0 Å². The van der Waals surface area contributed by atoms with E-state index in [1.165, 1.54) is 12.1 Å². The number of alkyl halides is 3. The highest BCUT2D eigenvalue weighted by atomic mass is 35.5. The van der Waals surface area contributed by atoms with Crippen LogP contribution in [0.1, 0.15) is 53.4 Å². The van der Waals surface area contributed by atoms with E-state index in [1.807, 2.05) is 0 Å². The van der Waals surface area contributed by atoms with Crippen LogP contribution in [0.2, 0.25) is 5.02 Å². The van der Waals surface area contributed by atoms with Gasteiger partial charge in [-0.15, -0.1) is 10.2 Å². The lowest BCUT2D eigenvalue weighted by Gasteiger charge is -2.31. The van der Waals surface area contributed by atoms with Gasteiger partial charge in [0.1, 0.15) is 0 Å². The largest absolute Gasteiger partial charge is 0.420 e. The van der Waals surface area contributed by atoms with Gasteiger partial charge in [-0.25, -0.2) is 0 Å². The molecule has 2 aromatic carbocycles. The molecule has 0 N–H and O–H groups in total. The highest BCUT2D eigenvalue weighted by molar-refractivity contribution is 6.30. The summed E-state index contributed by atoms with van der Waals surface area (Å²) >= 11 is 5.84. The van der Waals surface area contributed by atoms with Crippen molar-refractivity contribution in [2.45, 2.75) is 37.8 Å². The molecule has 6 nitrogen and oxygen atoms in total. The van der Waals surface area contributed by atoms with E-state index in [0.29, 0.717) is 35.1 Å². The van der Waals surface area contributed by atoms with Crippen molar-refractivity contribution in [3.05, 3.63) is 70.6 Å². The van der Waals surface area contributed by atoms with Crippen LogP contribution >= 0.6 is 11.6 Å². The highest BCUT2D eigenvalue weighted by Crippen LogP contribution is 2.32. The van der Waals surface area contributed by atoms with E-state index in [2.05, 4.69) is 10.2 Å². The fourth-order valence-corrected chi connectivity index (χ4v) is 4.01. The second-order valence-electron chi connectivity index (χ2n) is 8.13. The maximum Gasteiger partial charge on any atom is 0.416 e. The van der Waals surface area contributed by atoms with Crippen LogP contribution < -0.4 is 0 Å². The van der Waals surface area contributed by atoms with E-state index >= 15 is 0 Å². The van der Waals surface area contributed by atoms with Crippen LogP contribution in [0.15, 0.2) is 52.9 Å². The molecule has 3 aromatic rings. The maximum absolute atomic E-state index is 12.8. The molecule has 2 heterocycles. The average molecular weight is 492 g/mol. The Kier molecular flexibility index (Phi) is 7.02. The number of amides is 1. The van der Waals surface area contributed by atoms with Gasteiger partial charge in [-0.3, -0.25) is 9.59 Å². The smallest absolute Gasteiger partial charge is 0.416 e. The van der Waals surface area contributed by atoms with Crippen molar-refractivity contribution in [1.82, 2.24) is 15.1 Å². The molecule has 1 fully saturated rings. The number of ketones is 1. The SMILES string of the molecule is O=C(CCC(=O)N1CCCC(c2nnc(-c3ccc(C(F)(F)F)cc3)o2)C1)c1ccc(Cl)cc1. The highest BCUT2D eigenvalue weighted by Gasteiger charge is 2.31. The fraction of sp³-hybridized carbons (Fsp3) is 0.333. The lowest BCUT2D eigenvalue weighted by molar-refractivity contribution is -0.137. The van der Waals surface area contributed by atoms with E-state index in [1.54, 1.807) is 29.2 Å². The minimum Gasteiger partial charge on any atom is -0.420 e. The number of carbonyl (C=O) groups excluding carboxylic acids is 2. The summed E-state index contributed by atoms with van der Waals surface area (Å²) in [6.07, 6.45) is -2.76. The molecule has 1 aromatic heterocycles. The lowest BCUT2D eigenvalue weighted by Crippen LogP contribution is -2.39. The Hall–Kier alpha value is -3.20. The number of carbonyl (C=O) groups is 2. The molecule has 1 unspecified atom stereocenters. The molecule has 1 atom stereocenters. The molecular weight excluding hydrogens is 471 g/mol. The predicted molar refractivity (Wildman–Crippen MR) is 118 cm³/mol. The van der Waals surface area contributed by atoms with E-state index in [4.69, 9.17) is 16.0 Å². The Labute approximate surface area is 198 Å². The third-order valence-electron chi connectivity index (χ3n) is 5.76. The first-order valence-corrected chi connectivity index (χ1v) is 11.2. The topological polar surface area (TPSA) is 76.3 Å². The Bertz CT molecular complexity index is 1160. The van der Waals surface area contributed by atoms with E-state index in [9.17, 15) is 22.8 Å². The maximum atomic E-state index is 12.8. The van der Waals surface area contributed by atoms with Gasteiger partial charge in [0.15, 0.2) is 5.78 Å². The zero-order valence-corrected chi connectivity index (χ0v) is 18.8. The third kappa shape index (κ3) is 5.64. The van der Waals surface area contributed by atoms with Crippen molar-refractivity contribution >= 4 is 23.3 Å². The number of hydrogen-bond donors (Lipinski definition) is 0. The number of benzene rings is 2. The monoisotopic (exact) mass is 491 g/mol. The average Bonchev–Trinajstić information content (AvgIpc) is 3.33. The van der Waals surface area contributed by atoms with Crippen molar-refractivity contribution in [1.29, 1.82) is 0 Å². The molecule has 0 spiro atoms. The Morgan fingerprint density at radius 1 is 1.03 bits per heavy atom. The quantitative estimate of drug-likeness (QED) is 0.409. The predicted octanol–water partition coefficient (Wildman–Crippen LogP) is 5.78. The zero-order chi connectivity index (χ0) is 24.3. The summed E-state index contributed by atoms with van der Waals surface area (Å²) in [4.78, 5) is 26.7. The Balaban J connectivity index is 1.35. The molecule has 1 aliphatic rings. The van der Waals surface area contributed by atoms with Crippen LogP contribution in [0.25, 0.3) is 11.5 Å². The molecular formula is C24H21ClF3N3O3. The molecule has 0 saturated carbocycles. The van der Waals surface area contributed by atoms with Crippen molar-refractivity contribution < 1.29 is 27.2 Å². The first kappa shape index (κ1) is 23.9. The van der Waals surface area contributed by atoms with E-state index in [-0.39, 0.29) is 36.3 Å². The minimum absolute atomic E-state index is 0.0921. The van der Waals surface area contributed by atoms with Gasteiger partial charge in [0.05, 0.1) is 11.5 Å². The number of likely N-dealkylation sites (tertiary alicyclic amines) is 1. The summed E-state index contributed by atoms with van der Waals surface area (Å²) in [5, 5.41) is 8.56. The lowest BCUT2D eigenvalue weighted by atomic mass is 9.97. The summed E-state index contributed by atoms with van der Waals surface area (Å²) in [7, 11) is 0. The van der Waals surface area contributed by atoms with Crippen molar-refractivity contribution in [3.8, 4) is 11.5 Å². The van der Waals surface area contributed by atoms with Gasteiger partial charge in [-0.1, -0.05) is 11.6 Å². The van der Waals surface area contributed by atoms with Crippen LogP contribution in [-0.2, 0) is 11.0 Å². The summed E-state index contributed by atoms with van der Waals surface area (Å²) in [6.45, 7) is 0.951. The number of halogens is 4. The van der Waals surface area contributed by atoms with Gasteiger partial charge >= 0.3 is 6.18 Å². The van der Waals surface area contributed by atoms with Crippen LogP contribution in [0, 0.1) is 0 Å². The summed E-state index contributed by atoms with van der Waals surface area (Å²) in [5.74, 6) is 0.0249. The van der Waals surface area contributed by atoms with E-state index < -0.39 is 11.7 Å². The van der Waals surface area contributed by atoms with Crippen LogP contribution in [0.5, 0.6) is 0 Å². The number of rotatable bonds is 6. The molecule has 34 heavy (non-hydrogen) atoms. The standard InChI is InChI=1S/C24H21ClF3N3O3/c25-19-9-5-15(6-10-19)20(32)11-12-21(33)31-13-1-2-17(14-31)23-30-29-22(34-23)16-3-7-18(8-4-16)24(26,27)28/h3-10,17H,1-2,11-14H2. The van der Waals surface area contributed by atoms with E-state index in [0.717, 1.165) is 25.0 Å². The number of Topliss-reactive ketones (excluding diaryl/α,β-unsaturated/α-hetero) is 1. The summed E-state index contributed by atoms with van der Waals surface area (Å²) in [5.41, 5.74) is 0.138. The zero-order valence-electron chi connectivity index (χ0n) is 18.0. The second kappa shape index (κ2) is 9.97. The normalized spacial score (nSPS) is 16.5. The van der Waals surface area contributed by atoms with Gasteiger partial charge in [0, 0.05) is 42.1 Å². The molecule has 178 valence electrons. The van der Waals surface area contributed by atoms with Gasteiger partial charge in [0.2, 0.25) is 17.7 Å². The minimum atomic E-state index is -4.42. The third-order valence-corrected chi connectivity index (χ3v) is 6.01. The number of nitrogens with zero attached hydrogens (tertiary/aromatic N) is 3. The van der Waals surface area contributed by atoms with Gasteiger partial charge in [0.25, 0.3) is 0 Å². The van der Waals surface area contributed by atoms with Crippen molar-refractivity contribution in [2.75, 3.05) is 13.1 Å².